The highest BCUT2D eigenvalue weighted by atomic mass is 32.1. The summed E-state index contributed by atoms with van der Waals surface area (Å²) in [4.78, 5) is 16.6. The van der Waals surface area contributed by atoms with E-state index >= 15 is 0 Å². The van der Waals surface area contributed by atoms with Crippen LogP contribution in [0.1, 0.15) is 37.3 Å². The number of carbonyl (C=O) groups excluding carboxylic acids is 1. The molecular weight excluding hydrogens is 363 g/mol. The average molecular weight is 384 g/mol. The predicted molar refractivity (Wildman–Crippen MR) is 106 cm³/mol. The number of carbonyl (C=O) groups is 1. The quantitative estimate of drug-likeness (QED) is 0.607. The second-order valence-corrected chi connectivity index (χ2v) is 7.32. The molecule has 6 heteroatoms. The number of nitrogens with one attached hydrogen (secondary N) is 1. The first kappa shape index (κ1) is 19.0. The lowest BCUT2D eigenvalue weighted by molar-refractivity contribution is -0.116. The number of hydrogen-bond acceptors (Lipinski definition) is 4. The minimum absolute atomic E-state index is 0.0906. The van der Waals surface area contributed by atoms with Crippen LogP contribution in [0.3, 0.4) is 0 Å². The lowest BCUT2D eigenvalue weighted by Gasteiger charge is -2.18. The number of nitrogens with zero attached hydrogens (tertiary/aromatic N) is 1. The minimum Gasteiger partial charge on any atom is -0.491 e. The Morgan fingerprint density at radius 3 is 2.30 bits per heavy atom. The number of thiazole rings is 1. The van der Waals surface area contributed by atoms with Crippen molar-refractivity contribution >= 4 is 22.4 Å². The van der Waals surface area contributed by atoms with Gasteiger partial charge in [-0.05, 0) is 49.2 Å². The van der Waals surface area contributed by atoms with Crippen molar-refractivity contribution in [3.8, 4) is 5.75 Å². The Bertz CT molecular complexity index is 862. The third-order valence-electron chi connectivity index (χ3n) is 3.99. The number of amides is 1. The number of ether oxygens (including phenoxy) is 1. The van der Waals surface area contributed by atoms with Gasteiger partial charge in [-0.3, -0.25) is 4.79 Å². The normalized spacial score (nSPS) is 12.0. The zero-order valence-electron chi connectivity index (χ0n) is 15.2. The van der Waals surface area contributed by atoms with Crippen molar-refractivity contribution in [2.45, 2.75) is 32.3 Å². The number of anilines is 1. The zero-order chi connectivity index (χ0) is 19.2. The van der Waals surface area contributed by atoms with Crippen LogP contribution in [0.2, 0.25) is 0 Å². The van der Waals surface area contributed by atoms with E-state index in [1.807, 2.05) is 38.1 Å². The van der Waals surface area contributed by atoms with Crippen LogP contribution in [0, 0.1) is 5.82 Å². The van der Waals surface area contributed by atoms with Gasteiger partial charge in [-0.25, -0.2) is 9.37 Å². The van der Waals surface area contributed by atoms with Gasteiger partial charge in [0.1, 0.15) is 11.6 Å². The molecule has 27 heavy (non-hydrogen) atoms. The Balaban J connectivity index is 1.83. The smallest absolute Gasteiger partial charge is 0.227 e. The summed E-state index contributed by atoms with van der Waals surface area (Å²) in [6, 6.07) is 13.9. The molecule has 4 nitrogen and oxygen atoms in total. The monoisotopic (exact) mass is 384 g/mol. The molecule has 0 aliphatic rings. The predicted octanol–water partition coefficient (Wildman–Crippen LogP) is 5.23. The summed E-state index contributed by atoms with van der Waals surface area (Å²) >= 11 is 1.37. The Morgan fingerprint density at radius 1 is 1.11 bits per heavy atom. The molecule has 0 fully saturated rings. The maximum Gasteiger partial charge on any atom is 0.227 e. The number of hydrogen-bond donors (Lipinski definition) is 1. The molecule has 3 aromatic rings. The molecule has 2 aromatic carbocycles. The van der Waals surface area contributed by atoms with Gasteiger partial charge in [0.25, 0.3) is 0 Å². The van der Waals surface area contributed by atoms with Crippen LogP contribution in [0.15, 0.2) is 60.1 Å². The van der Waals surface area contributed by atoms with E-state index in [0.29, 0.717) is 5.13 Å². The molecule has 0 bridgehead atoms. The van der Waals surface area contributed by atoms with E-state index in [9.17, 15) is 9.18 Å². The minimum atomic E-state index is -0.301. The van der Waals surface area contributed by atoms with E-state index in [4.69, 9.17) is 4.74 Å². The Labute approximate surface area is 162 Å². The molecule has 0 unspecified atom stereocenters. The maximum absolute atomic E-state index is 13.3. The van der Waals surface area contributed by atoms with Gasteiger partial charge in [-0.15, -0.1) is 11.3 Å². The Morgan fingerprint density at radius 2 is 1.74 bits per heavy atom. The van der Waals surface area contributed by atoms with Crippen LogP contribution in [0.25, 0.3) is 0 Å². The van der Waals surface area contributed by atoms with Gasteiger partial charge in [0.2, 0.25) is 5.91 Å². The molecule has 1 aromatic heterocycles. The second-order valence-electron chi connectivity index (χ2n) is 6.43. The highest BCUT2D eigenvalue weighted by molar-refractivity contribution is 7.13. The van der Waals surface area contributed by atoms with Crippen molar-refractivity contribution in [3.63, 3.8) is 0 Å². The van der Waals surface area contributed by atoms with E-state index in [1.165, 1.54) is 23.5 Å². The van der Waals surface area contributed by atoms with Crippen LogP contribution in [0.4, 0.5) is 9.52 Å². The molecule has 140 valence electrons. The van der Waals surface area contributed by atoms with Crippen LogP contribution in [0.5, 0.6) is 5.75 Å². The molecule has 0 spiro atoms. The number of aromatic nitrogens is 1. The maximum atomic E-state index is 13.3. The second kappa shape index (κ2) is 8.77. The van der Waals surface area contributed by atoms with Crippen molar-refractivity contribution in [1.29, 1.82) is 0 Å². The van der Waals surface area contributed by atoms with Crippen molar-refractivity contribution < 1.29 is 13.9 Å². The first-order valence-corrected chi connectivity index (χ1v) is 9.60. The van der Waals surface area contributed by atoms with Crippen LogP contribution < -0.4 is 10.1 Å². The summed E-state index contributed by atoms with van der Waals surface area (Å²) in [6.45, 7) is 3.94. The van der Waals surface area contributed by atoms with Crippen LogP contribution in [-0.4, -0.2) is 17.0 Å². The Hall–Kier alpha value is -2.73. The summed E-state index contributed by atoms with van der Waals surface area (Å²) < 4.78 is 19.0. The third kappa shape index (κ3) is 5.37. The van der Waals surface area contributed by atoms with Crippen molar-refractivity contribution in [1.82, 2.24) is 4.98 Å². The fourth-order valence-corrected chi connectivity index (χ4v) is 3.36. The summed E-state index contributed by atoms with van der Waals surface area (Å²) in [5, 5.41) is 5.18. The number of rotatable bonds is 7. The molecule has 1 N–H and O–H groups in total. The summed E-state index contributed by atoms with van der Waals surface area (Å²) in [6.07, 6.45) is 1.97. The zero-order valence-corrected chi connectivity index (χ0v) is 16.0. The summed E-state index contributed by atoms with van der Waals surface area (Å²) in [5.74, 6) is 0.143. The fraction of sp³-hybridized carbons (Fsp3) is 0.238. The largest absolute Gasteiger partial charge is 0.491 e. The lowest BCUT2D eigenvalue weighted by Crippen LogP contribution is -2.16. The van der Waals surface area contributed by atoms with Gasteiger partial charge in [0.15, 0.2) is 5.13 Å². The summed E-state index contributed by atoms with van der Waals surface area (Å²) in [7, 11) is 0. The molecule has 3 rings (SSSR count). The molecule has 0 saturated carbocycles. The number of benzene rings is 2. The topological polar surface area (TPSA) is 51.2 Å². The fourth-order valence-electron chi connectivity index (χ4n) is 2.81. The standard InChI is InChI=1S/C21H21FN2O2S/c1-14(2)26-18-9-5-16(6-10-18)19(15-3-7-17(22)8-4-15)13-20(25)24-21-23-11-12-27-21/h3-12,14,19H,13H2,1-2H3,(H,23,24,25)/t19-/m0/s1. The molecule has 0 aliphatic carbocycles. The molecule has 1 atom stereocenters. The lowest BCUT2D eigenvalue weighted by atomic mass is 9.88. The van der Waals surface area contributed by atoms with E-state index in [-0.39, 0.29) is 30.2 Å². The first-order chi connectivity index (χ1) is 13.0. The SMILES string of the molecule is CC(C)Oc1ccc([C@@H](CC(=O)Nc2nccs2)c2ccc(F)cc2)cc1. The highest BCUT2D eigenvalue weighted by Gasteiger charge is 2.19. The van der Waals surface area contributed by atoms with Crippen molar-refractivity contribution in [2.24, 2.45) is 0 Å². The van der Waals surface area contributed by atoms with Crippen LogP contribution in [-0.2, 0) is 4.79 Å². The van der Waals surface area contributed by atoms with Gasteiger partial charge >= 0.3 is 0 Å². The van der Waals surface area contributed by atoms with Crippen molar-refractivity contribution in [2.75, 3.05) is 5.32 Å². The van der Waals surface area contributed by atoms with Gasteiger partial charge in [0.05, 0.1) is 6.10 Å². The summed E-state index contributed by atoms with van der Waals surface area (Å²) in [5.41, 5.74) is 1.84. The third-order valence-corrected chi connectivity index (χ3v) is 4.68. The molecule has 1 heterocycles. The molecule has 0 radical (unpaired) electrons. The van der Waals surface area contributed by atoms with E-state index in [1.54, 1.807) is 23.7 Å². The van der Waals surface area contributed by atoms with Crippen molar-refractivity contribution in [3.05, 3.63) is 77.1 Å². The van der Waals surface area contributed by atoms with E-state index in [2.05, 4.69) is 10.3 Å². The number of halogens is 1. The van der Waals surface area contributed by atoms with Crippen LogP contribution >= 0.6 is 11.3 Å². The first-order valence-electron chi connectivity index (χ1n) is 8.72. The van der Waals surface area contributed by atoms with Gasteiger partial charge < -0.3 is 10.1 Å². The molecular formula is C21H21FN2O2S. The average Bonchev–Trinajstić information content (AvgIpc) is 3.14. The molecule has 0 aliphatic heterocycles. The molecule has 0 saturated heterocycles. The van der Waals surface area contributed by atoms with E-state index in [0.717, 1.165) is 16.9 Å². The Kier molecular flexibility index (Phi) is 6.19. The van der Waals surface area contributed by atoms with Gasteiger partial charge in [0, 0.05) is 23.9 Å². The molecule has 1 amide bonds. The van der Waals surface area contributed by atoms with E-state index < -0.39 is 0 Å². The van der Waals surface area contributed by atoms with Gasteiger partial charge in [-0.1, -0.05) is 24.3 Å². The van der Waals surface area contributed by atoms with Gasteiger partial charge in [-0.2, -0.15) is 0 Å². The highest BCUT2D eigenvalue weighted by Crippen LogP contribution is 2.30.